The van der Waals surface area contributed by atoms with Gasteiger partial charge in [0.25, 0.3) is 0 Å². The third-order valence-electron chi connectivity index (χ3n) is 5.84. The van der Waals surface area contributed by atoms with Gasteiger partial charge in [0.15, 0.2) is 11.5 Å². The number of unbranched alkanes of at least 4 members (excludes halogenated alkanes) is 1. The zero-order chi connectivity index (χ0) is 24.5. The number of hydrogen-bond donors (Lipinski definition) is 1. The van der Waals surface area contributed by atoms with Gasteiger partial charge >= 0.3 is 0 Å². The summed E-state index contributed by atoms with van der Waals surface area (Å²) in [5, 5.41) is 3.91. The molecular formula is C26H32Cl2N2O4. The van der Waals surface area contributed by atoms with Gasteiger partial charge in [-0.25, -0.2) is 0 Å². The monoisotopic (exact) mass is 506 g/mol. The van der Waals surface area contributed by atoms with Gasteiger partial charge in [-0.15, -0.1) is 0 Å². The minimum Gasteiger partial charge on any atom is -0.486 e. The van der Waals surface area contributed by atoms with Gasteiger partial charge in [0.05, 0.1) is 0 Å². The Kier molecular flexibility index (Phi) is 9.90. The van der Waals surface area contributed by atoms with Gasteiger partial charge in [-0.2, -0.15) is 0 Å². The lowest BCUT2D eigenvalue weighted by molar-refractivity contribution is -0.141. The Morgan fingerprint density at radius 2 is 1.76 bits per heavy atom. The molecule has 2 amide bonds. The lowest BCUT2D eigenvalue weighted by Gasteiger charge is -2.31. The molecule has 0 spiro atoms. The number of amides is 2. The number of carbonyl (C=O) groups excluding carboxylic acids is 2. The van der Waals surface area contributed by atoms with Crippen molar-refractivity contribution in [1.82, 2.24) is 10.2 Å². The second kappa shape index (κ2) is 12.9. The van der Waals surface area contributed by atoms with E-state index in [0.29, 0.717) is 59.7 Å². The van der Waals surface area contributed by atoms with Crippen molar-refractivity contribution >= 4 is 35.0 Å². The van der Waals surface area contributed by atoms with Crippen molar-refractivity contribution < 1.29 is 19.1 Å². The number of nitrogens with one attached hydrogen (secondary N) is 1. The lowest BCUT2D eigenvalue weighted by Crippen LogP contribution is -2.49. The van der Waals surface area contributed by atoms with Crippen LogP contribution >= 0.6 is 23.2 Å². The summed E-state index contributed by atoms with van der Waals surface area (Å²) in [4.78, 5) is 28.1. The summed E-state index contributed by atoms with van der Waals surface area (Å²) in [6, 6.07) is 10.3. The van der Waals surface area contributed by atoms with Crippen molar-refractivity contribution in [2.24, 2.45) is 0 Å². The van der Waals surface area contributed by atoms with Crippen LogP contribution < -0.4 is 14.8 Å². The molecule has 2 aromatic carbocycles. The van der Waals surface area contributed by atoms with E-state index >= 15 is 0 Å². The third kappa shape index (κ3) is 6.80. The van der Waals surface area contributed by atoms with E-state index in [1.165, 1.54) is 0 Å². The first-order chi connectivity index (χ1) is 16.4. The number of rotatable bonds is 11. The van der Waals surface area contributed by atoms with Crippen molar-refractivity contribution in [3.05, 3.63) is 57.6 Å². The highest BCUT2D eigenvalue weighted by Crippen LogP contribution is 2.31. The zero-order valence-electron chi connectivity index (χ0n) is 19.7. The third-order valence-corrected chi connectivity index (χ3v) is 6.55. The molecule has 184 valence electrons. The largest absolute Gasteiger partial charge is 0.486 e. The van der Waals surface area contributed by atoms with E-state index < -0.39 is 6.04 Å². The van der Waals surface area contributed by atoms with E-state index in [-0.39, 0.29) is 24.8 Å². The summed E-state index contributed by atoms with van der Waals surface area (Å²) in [6.45, 7) is 5.75. The molecule has 1 aliphatic rings. The standard InChI is InChI=1S/C26H32Cl2N2O4/c1-3-5-13-29-26(32)22(4-2)30(17-19-20(27)7-6-8-21(19)28)25(31)12-10-18-9-11-23-24(16-18)34-15-14-33-23/h6-9,11,16,22H,3-5,10,12-15,17H2,1-2H3,(H,29,32)/t22-/m0/s1. The van der Waals surface area contributed by atoms with Crippen LogP contribution in [0, 0.1) is 0 Å². The molecule has 0 aromatic heterocycles. The topological polar surface area (TPSA) is 67.9 Å². The van der Waals surface area contributed by atoms with Gasteiger partial charge in [-0.1, -0.05) is 55.6 Å². The number of benzene rings is 2. The minimum absolute atomic E-state index is 0.136. The van der Waals surface area contributed by atoms with E-state index in [1.807, 2.05) is 25.1 Å². The van der Waals surface area contributed by atoms with E-state index in [0.717, 1.165) is 18.4 Å². The van der Waals surface area contributed by atoms with Crippen molar-refractivity contribution in [2.45, 2.75) is 58.5 Å². The zero-order valence-corrected chi connectivity index (χ0v) is 21.3. The SMILES string of the molecule is CCCCNC(=O)[C@H](CC)N(Cc1c(Cl)cccc1Cl)C(=O)CCc1ccc2c(c1)OCCO2. The van der Waals surface area contributed by atoms with Gasteiger partial charge in [0, 0.05) is 35.1 Å². The molecule has 2 aromatic rings. The first-order valence-electron chi connectivity index (χ1n) is 11.8. The number of hydrogen-bond acceptors (Lipinski definition) is 4. The number of halogens is 2. The molecule has 1 aliphatic heterocycles. The molecule has 3 rings (SSSR count). The Labute approximate surface area is 211 Å². The van der Waals surface area contributed by atoms with Gasteiger partial charge in [-0.05, 0) is 49.1 Å². The molecule has 8 heteroatoms. The summed E-state index contributed by atoms with van der Waals surface area (Å²) < 4.78 is 11.2. The van der Waals surface area contributed by atoms with Crippen molar-refractivity contribution in [1.29, 1.82) is 0 Å². The maximum absolute atomic E-state index is 13.5. The second-order valence-electron chi connectivity index (χ2n) is 8.27. The molecule has 0 fully saturated rings. The molecule has 0 saturated carbocycles. The van der Waals surface area contributed by atoms with Crippen LogP contribution in [0.4, 0.5) is 0 Å². The van der Waals surface area contributed by atoms with Crippen LogP contribution in [0.2, 0.25) is 10.0 Å². The quantitative estimate of drug-likeness (QED) is 0.413. The van der Waals surface area contributed by atoms with Crippen molar-refractivity contribution in [2.75, 3.05) is 19.8 Å². The number of aryl methyl sites for hydroxylation is 1. The molecule has 0 unspecified atom stereocenters. The Balaban J connectivity index is 1.78. The number of fused-ring (bicyclic) bond motifs is 1. The van der Waals surface area contributed by atoms with Crippen molar-refractivity contribution in [3.8, 4) is 11.5 Å². The maximum Gasteiger partial charge on any atom is 0.242 e. The van der Waals surface area contributed by atoms with Crippen LogP contribution in [0.25, 0.3) is 0 Å². The lowest BCUT2D eigenvalue weighted by atomic mass is 10.1. The van der Waals surface area contributed by atoms with Gasteiger partial charge < -0.3 is 19.7 Å². The first kappa shape index (κ1) is 26.2. The molecule has 1 N–H and O–H groups in total. The van der Waals surface area contributed by atoms with E-state index in [1.54, 1.807) is 23.1 Å². The summed E-state index contributed by atoms with van der Waals surface area (Å²) in [5.41, 5.74) is 1.60. The summed E-state index contributed by atoms with van der Waals surface area (Å²) in [7, 11) is 0. The predicted molar refractivity (Wildman–Crippen MR) is 135 cm³/mol. The highest BCUT2D eigenvalue weighted by Gasteiger charge is 2.29. The van der Waals surface area contributed by atoms with Crippen LogP contribution in [0.15, 0.2) is 36.4 Å². The summed E-state index contributed by atoms with van der Waals surface area (Å²) in [6.07, 6.45) is 3.09. The fourth-order valence-electron chi connectivity index (χ4n) is 3.92. The molecule has 0 saturated heterocycles. The molecule has 34 heavy (non-hydrogen) atoms. The Morgan fingerprint density at radius 1 is 1.06 bits per heavy atom. The average Bonchev–Trinajstić information content (AvgIpc) is 2.84. The smallest absolute Gasteiger partial charge is 0.242 e. The molecule has 1 heterocycles. The van der Waals surface area contributed by atoms with Gasteiger partial charge in [0.1, 0.15) is 19.3 Å². The van der Waals surface area contributed by atoms with Crippen molar-refractivity contribution in [3.63, 3.8) is 0 Å². The van der Waals surface area contributed by atoms with E-state index in [9.17, 15) is 9.59 Å². The van der Waals surface area contributed by atoms with E-state index in [4.69, 9.17) is 32.7 Å². The highest BCUT2D eigenvalue weighted by atomic mass is 35.5. The Morgan fingerprint density at radius 3 is 2.44 bits per heavy atom. The van der Waals surface area contributed by atoms with Crippen LogP contribution in [0.1, 0.15) is 50.7 Å². The maximum atomic E-state index is 13.5. The first-order valence-corrected chi connectivity index (χ1v) is 12.6. The normalized spacial score (nSPS) is 13.3. The molecule has 0 aliphatic carbocycles. The predicted octanol–water partition coefficient (Wildman–Crippen LogP) is 5.42. The van der Waals surface area contributed by atoms with Crippen LogP contribution in [0.3, 0.4) is 0 Å². The summed E-state index contributed by atoms with van der Waals surface area (Å²) >= 11 is 12.8. The number of nitrogens with zero attached hydrogens (tertiary/aromatic N) is 1. The highest BCUT2D eigenvalue weighted by molar-refractivity contribution is 6.36. The molecule has 0 radical (unpaired) electrons. The molecular weight excluding hydrogens is 475 g/mol. The summed E-state index contributed by atoms with van der Waals surface area (Å²) in [5.74, 6) is 1.11. The molecule has 6 nitrogen and oxygen atoms in total. The fourth-order valence-corrected chi connectivity index (χ4v) is 4.43. The Hall–Kier alpha value is -2.44. The Bertz CT molecular complexity index is 979. The van der Waals surface area contributed by atoms with Crippen LogP contribution in [-0.4, -0.2) is 42.5 Å². The van der Waals surface area contributed by atoms with Gasteiger partial charge in [0.2, 0.25) is 11.8 Å². The average molecular weight is 507 g/mol. The fraction of sp³-hybridized carbons (Fsp3) is 0.462. The van der Waals surface area contributed by atoms with E-state index in [2.05, 4.69) is 12.2 Å². The minimum atomic E-state index is -0.614. The molecule has 1 atom stereocenters. The van der Waals surface area contributed by atoms with Gasteiger partial charge in [-0.3, -0.25) is 9.59 Å². The molecule has 0 bridgehead atoms. The van der Waals surface area contributed by atoms with Crippen LogP contribution in [-0.2, 0) is 22.6 Å². The van der Waals surface area contributed by atoms with Crippen LogP contribution in [0.5, 0.6) is 11.5 Å². The second-order valence-corrected chi connectivity index (χ2v) is 9.08. The number of ether oxygens (including phenoxy) is 2. The number of carbonyl (C=O) groups is 2.